The van der Waals surface area contributed by atoms with Crippen LogP contribution in [0, 0.1) is 0 Å². The predicted molar refractivity (Wildman–Crippen MR) is 190 cm³/mol. The maximum absolute atomic E-state index is 14.3. The fourth-order valence-electron chi connectivity index (χ4n) is 7.04. The molecule has 0 unspecified atom stereocenters. The first kappa shape index (κ1) is 25.5. The highest BCUT2D eigenvalue weighted by atomic mass is 16.1. The van der Waals surface area contributed by atoms with Gasteiger partial charge in [0.05, 0.1) is 5.52 Å². The number of hydrogen-bond acceptors (Lipinski definition) is 1. The van der Waals surface area contributed by atoms with Crippen LogP contribution in [0.4, 0.5) is 0 Å². The van der Waals surface area contributed by atoms with E-state index in [9.17, 15) is 4.79 Å². The smallest absolute Gasteiger partial charge is 0.263 e. The number of rotatable bonds is 3. The topological polar surface area (TPSA) is 22.0 Å². The van der Waals surface area contributed by atoms with Gasteiger partial charge in [-0.25, -0.2) is 0 Å². The lowest BCUT2D eigenvalue weighted by Gasteiger charge is -2.17. The number of fused-ring (bicyclic) bond motifs is 9. The molecule has 8 aromatic carbocycles. The van der Waals surface area contributed by atoms with Crippen molar-refractivity contribution in [2.75, 3.05) is 0 Å². The van der Waals surface area contributed by atoms with Crippen molar-refractivity contribution < 1.29 is 0 Å². The van der Waals surface area contributed by atoms with Crippen LogP contribution in [0.25, 0.3) is 81.9 Å². The number of pyridine rings is 1. The van der Waals surface area contributed by atoms with Crippen LogP contribution in [0.5, 0.6) is 0 Å². The Hall–Kier alpha value is -5.99. The SMILES string of the molecule is O=c1c2ccccc2c2cc(-c3ccccc3)ccc2n1-c1ccc2c3ccccc3c3ccc(-c4ccccc4)cc3c2c1. The molecular weight excluding hydrogens is 546 g/mol. The van der Waals surface area contributed by atoms with Gasteiger partial charge in [-0.05, 0) is 96.4 Å². The lowest BCUT2D eigenvalue weighted by Crippen LogP contribution is -2.19. The van der Waals surface area contributed by atoms with Gasteiger partial charge in [-0.15, -0.1) is 0 Å². The Balaban J connectivity index is 1.37. The van der Waals surface area contributed by atoms with Crippen molar-refractivity contribution in [1.82, 2.24) is 4.57 Å². The third kappa shape index (κ3) is 4.00. The van der Waals surface area contributed by atoms with E-state index in [4.69, 9.17) is 0 Å². The first-order valence-electron chi connectivity index (χ1n) is 15.3. The maximum Gasteiger partial charge on any atom is 0.263 e. The minimum atomic E-state index is -0.0139. The van der Waals surface area contributed by atoms with Gasteiger partial charge in [-0.2, -0.15) is 0 Å². The lowest BCUT2D eigenvalue weighted by atomic mass is 9.91. The summed E-state index contributed by atoms with van der Waals surface area (Å²) in [6, 6.07) is 57.2. The molecule has 0 aliphatic heterocycles. The van der Waals surface area contributed by atoms with Gasteiger partial charge in [-0.1, -0.05) is 127 Å². The van der Waals surface area contributed by atoms with Gasteiger partial charge in [0.25, 0.3) is 5.56 Å². The first-order chi connectivity index (χ1) is 22.2. The fourth-order valence-corrected chi connectivity index (χ4v) is 7.04. The monoisotopic (exact) mass is 573 g/mol. The minimum absolute atomic E-state index is 0.0139. The molecule has 1 heterocycles. The van der Waals surface area contributed by atoms with Crippen LogP contribution in [-0.4, -0.2) is 4.57 Å². The van der Waals surface area contributed by atoms with E-state index in [0.717, 1.165) is 38.5 Å². The zero-order valence-corrected chi connectivity index (χ0v) is 24.4. The summed E-state index contributed by atoms with van der Waals surface area (Å²) >= 11 is 0. The molecule has 0 fully saturated rings. The van der Waals surface area contributed by atoms with E-state index in [1.807, 2.05) is 34.9 Å². The quantitative estimate of drug-likeness (QED) is 0.193. The van der Waals surface area contributed by atoms with Crippen LogP contribution in [0.2, 0.25) is 0 Å². The van der Waals surface area contributed by atoms with E-state index in [1.54, 1.807) is 0 Å². The molecule has 210 valence electrons. The van der Waals surface area contributed by atoms with Gasteiger partial charge < -0.3 is 0 Å². The first-order valence-corrected chi connectivity index (χ1v) is 15.3. The van der Waals surface area contributed by atoms with Crippen molar-refractivity contribution in [3.05, 3.63) is 174 Å². The molecule has 0 atom stereocenters. The minimum Gasteiger partial charge on any atom is -0.276 e. The second-order valence-electron chi connectivity index (χ2n) is 11.7. The fraction of sp³-hybridized carbons (Fsp3) is 0. The standard InChI is InChI=1S/C43H27NO/c45-43-38-18-10-9-17-35(38)41-26-31(29-13-5-2-6-14-29)20-24-42(41)44(43)32-21-23-37-34-16-8-7-15-33(34)36-22-19-30(25-39(36)40(37)27-32)28-11-3-1-4-12-28/h1-27H. The summed E-state index contributed by atoms with van der Waals surface area (Å²) in [6.45, 7) is 0. The Morgan fingerprint density at radius 3 is 1.38 bits per heavy atom. The van der Waals surface area contributed by atoms with E-state index in [2.05, 4.69) is 133 Å². The van der Waals surface area contributed by atoms with Crippen molar-refractivity contribution in [2.24, 2.45) is 0 Å². The Kier molecular flexibility index (Phi) is 5.69. The van der Waals surface area contributed by atoms with Crippen molar-refractivity contribution in [2.45, 2.75) is 0 Å². The molecule has 0 aliphatic carbocycles. The van der Waals surface area contributed by atoms with Gasteiger partial charge in [-0.3, -0.25) is 9.36 Å². The Bertz CT molecular complexity index is 2650. The normalized spacial score (nSPS) is 11.6. The Labute approximate surface area is 260 Å². The molecule has 1 aromatic heterocycles. The van der Waals surface area contributed by atoms with Gasteiger partial charge in [0.15, 0.2) is 0 Å². The van der Waals surface area contributed by atoms with Crippen molar-refractivity contribution in [1.29, 1.82) is 0 Å². The largest absolute Gasteiger partial charge is 0.276 e. The van der Waals surface area contributed by atoms with Crippen molar-refractivity contribution >= 4 is 54.0 Å². The molecular formula is C43H27NO. The van der Waals surface area contributed by atoms with E-state index in [1.165, 1.54) is 38.1 Å². The predicted octanol–water partition coefficient (Wildman–Crippen LogP) is 10.9. The molecule has 9 rings (SSSR count). The molecule has 9 aromatic rings. The van der Waals surface area contributed by atoms with Gasteiger partial charge in [0.1, 0.15) is 0 Å². The van der Waals surface area contributed by atoms with Gasteiger partial charge in [0, 0.05) is 16.5 Å². The average molecular weight is 574 g/mol. The number of hydrogen-bond donors (Lipinski definition) is 0. The van der Waals surface area contributed by atoms with E-state index in [-0.39, 0.29) is 5.56 Å². The van der Waals surface area contributed by atoms with Gasteiger partial charge >= 0.3 is 0 Å². The highest BCUT2D eigenvalue weighted by molar-refractivity contribution is 6.26. The highest BCUT2D eigenvalue weighted by Crippen LogP contribution is 2.38. The van der Waals surface area contributed by atoms with Crippen molar-refractivity contribution in [3.8, 4) is 27.9 Å². The molecule has 0 spiro atoms. The van der Waals surface area contributed by atoms with Crippen LogP contribution < -0.4 is 5.56 Å². The molecule has 45 heavy (non-hydrogen) atoms. The van der Waals surface area contributed by atoms with Crippen LogP contribution in [0.15, 0.2) is 169 Å². The second kappa shape index (κ2) is 10.0. The summed E-state index contributed by atoms with van der Waals surface area (Å²) in [6.07, 6.45) is 0. The third-order valence-electron chi connectivity index (χ3n) is 9.18. The van der Waals surface area contributed by atoms with Crippen LogP contribution >= 0.6 is 0 Å². The molecule has 2 heteroatoms. The van der Waals surface area contributed by atoms with Gasteiger partial charge in [0.2, 0.25) is 0 Å². The molecule has 0 radical (unpaired) electrons. The molecule has 0 N–H and O–H groups in total. The summed E-state index contributed by atoms with van der Waals surface area (Å²) < 4.78 is 1.90. The number of nitrogens with zero attached hydrogens (tertiary/aromatic N) is 1. The molecule has 0 bridgehead atoms. The Morgan fingerprint density at radius 2 is 0.756 bits per heavy atom. The molecule has 2 nitrogen and oxygen atoms in total. The Morgan fingerprint density at radius 1 is 0.311 bits per heavy atom. The molecule has 0 saturated heterocycles. The lowest BCUT2D eigenvalue weighted by molar-refractivity contribution is 1.06. The zero-order valence-electron chi connectivity index (χ0n) is 24.4. The summed E-state index contributed by atoms with van der Waals surface area (Å²) in [5, 5.41) is 9.87. The van der Waals surface area contributed by atoms with Crippen molar-refractivity contribution in [3.63, 3.8) is 0 Å². The summed E-state index contributed by atoms with van der Waals surface area (Å²) in [4.78, 5) is 14.3. The maximum atomic E-state index is 14.3. The van der Waals surface area contributed by atoms with E-state index >= 15 is 0 Å². The van der Waals surface area contributed by atoms with E-state index < -0.39 is 0 Å². The average Bonchev–Trinajstić information content (AvgIpc) is 3.12. The van der Waals surface area contributed by atoms with Crippen LogP contribution in [0.3, 0.4) is 0 Å². The molecule has 0 amide bonds. The molecule has 0 aliphatic rings. The summed E-state index contributed by atoms with van der Waals surface area (Å²) in [5.74, 6) is 0. The van der Waals surface area contributed by atoms with Crippen LogP contribution in [-0.2, 0) is 0 Å². The van der Waals surface area contributed by atoms with Crippen LogP contribution in [0.1, 0.15) is 0 Å². The number of aromatic nitrogens is 1. The zero-order chi connectivity index (χ0) is 29.9. The summed E-state index contributed by atoms with van der Waals surface area (Å²) in [7, 11) is 0. The van der Waals surface area contributed by atoms with E-state index in [0.29, 0.717) is 5.39 Å². The molecule has 0 saturated carbocycles. The number of benzene rings is 8. The second-order valence-corrected chi connectivity index (χ2v) is 11.7. The summed E-state index contributed by atoms with van der Waals surface area (Å²) in [5.41, 5.74) is 6.38. The third-order valence-corrected chi connectivity index (χ3v) is 9.18. The highest BCUT2D eigenvalue weighted by Gasteiger charge is 2.16.